The van der Waals surface area contributed by atoms with E-state index >= 15 is 0 Å². The summed E-state index contributed by atoms with van der Waals surface area (Å²) >= 11 is 5.97. The van der Waals surface area contributed by atoms with Gasteiger partial charge in [-0.1, -0.05) is 23.7 Å². The molecule has 0 amide bonds. The van der Waals surface area contributed by atoms with Crippen molar-refractivity contribution >= 4 is 23.4 Å². The Kier molecular flexibility index (Phi) is 2.59. The first-order chi connectivity index (χ1) is 10.1. The summed E-state index contributed by atoms with van der Waals surface area (Å²) in [5.41, 5.74) is 4.37. The van der Waals surface area contributed by atoms with Gasteiger partial charge in [0.05, 0.1) is 11.3 Å². The van der Waals surface area contributed by atoms with E-state index in [1.807, 2.05) is 31.2 Å². The van der Waals surface area contributed by atoms with E-state index in [0.717, 1.165) is 28.3 Å². The van der Waals surface area contributed by atoms with Gasteiger partial charge < -0.3 is 10.1 Å². The summed E-state index contributed by atoms with van der Waals surface area (Å²) < 4.78 is 5.18. The third-order valence-electron chi connectivity index (χ3n) is 3.94. The molecule has 3 heterocycles. The lowest BCUT2D eigenvalue weighted by atomic mass is 9.82. The molecule has 6 heteroatoms. The van der Waals surface area contributed by atoms with Crippen LogP contribution in [0.25, 0.3) is 0 Å². The molecule has 1 atom stereocenters. The smallest absolute Gasteiger partial charge is 0.337 e. The van der Waals surface area contributed by atoms with Gasteiger partial charge in [0.25, 0.3) is 0 Å². The number of anilines is 1. The monoisotopic (exact) mass is 301 g/mol. The molecule has 5 nitrogen and oxygen atoms in total. The van der Waals surface area contributed by atoms with E-state index < -0.39 is 0 Å². The van der Waals surface area contributed by atoms with Crippen LogP contribution in [-0.4, -0.2) is 22.8 Å². The average molecular weight is 302 g/mol. The number of aromatic nitrogens is 2. The number of benzene rings is 1. The second-order valence-corrected chi connectivity index (χ2v) is 5.63. The molecule has 0 saturated heterocycles. The van der Waals surface area contributed by atoms with Gasteiger partial charge in [0.2, 0.25) is 0 Å². The molecule has 0 spiro atoms. The molecule has 0 fully saturated rings. The van der Waals surface area contributed by atoms with Gasteiger partial charge in [-0.3, -0.25) is 5.10 Å². The number of nitrogens with one attached hydrogen (secondary N) is 2. The van der Waals surface area contributed by atoms with Gasteiger partial charge in [-0.15, -0.1) is 0 Å². The number of rotatable bonds is 1. The van der Waals surface area contributed by atoms with Crippen molar-refractivity contribution in [1.29, 1.82) is 0 Å². The second-order valence-electron chi connectivity index (χ2n) is 5.19. The lowest BCUT2D eigenvalue weighted by Crippen LogP contribution is -2.19. The third-order valence-corrected chi connectivity index (χ3v) is 4.19. The van der Waals surface area contributed by atoms with Crippen molar-refractivity contribution in [3.05, 3.63) is 57.4 Å². The van der Waals surface area contributed by atoms with E-state index in [0.29, 0.717) is 10.6 Å². The Labute approximate surface area is 126 Å². The number of H-pyrrole nitrogens is 1. The van der Waals surface area contributed by atoms with Crippen LogP contribution >= 0.6 is 11.6 Å². The van der Waals surface area contributed by atoms with Crippen LogP contribution in [0.2, 0.25) is 5.02 Å². The first-order valence-corrected chi connectivity index (χ1v) is 7.00. The maximum atomic E-state index is 12.1. The minimum absolute atomic E-state index is 0.178. The molecule has 106 valence electrons. The summed E-state index contributed by atoms with van der Waals surface area (Å²) in [6, 6.07) is 7.53. The number of fused-ring (bicyclic) bond motifs is 1. The molecule has 0 saturated carbocycles. The van der Waals surface area contributed by atoms with Gasteiger partial charge in [0.15, 0.2) is 5.82 Å². The number of hydrogen-bond donors (Lipinski definition) is 2. The van der Waals surface area contributed by atoms with Crippen LogP contribution in [-0.2, 0) is 9.53 Å². The van der Waals surface area contributed by atoms with Gasteiger partial charge in [0.1, 0.15) is 6.61 Å². The number of nitrogens with zero attached hydrogens (tertiary/aromatic N) is 1. The molecule has 0 bridgehead atoms. The summed E-state index contributed by atoms with van der Waals surface area (Å²) in [7, 11) is 0. The fourth-order valence-corrected chi connectivity index (χ4v) is 3.10. The number of esters is 1. The van der Waals surface area contributed by atoms with Crippen molar-refractivity contribution in [2.45, 2.75) is 12.8 Å². The number of hydrogen-bond acceptors (Lipinski definition) is 4. The molecule has 2 aliphatic heterocycles. The molecule has 21 heavy (non-hydrogen) atoms. The number of carbonyl (C=O) groups is 1. The van der Waals surface area contributed by atoms with Gasteiger partial charge >= 0.3 is 5.97 Å². The summed E-state index contributed by atoms with van der Waals surface area (Å²) in [5, 5.41) is 11.1. The van der Waals surface area contributed by atoms with Crippen LogP contribution in [0.5, 0.6) is 0 Å². The summed E-state index contributed by atoms with van der Waals surface area (Å²) in [6.07, 6.45) is 0. The highest BCUT2D eigenvalue weighted by molar-refractivity contribution is 6.30. The fraction of sp³-hybridized carbons (Fsp3) is 0.200. The van der Waals surface area contributed by atoms with Crippen molar-refractivity contribution < 1.29 is 9.53 Å². The SMILES string of the molecule is Cc1[nH]nc2c1[C@@H](c1ccc(Cl)cc1)C1=C(COC1=O)N2. The maximum absolute atomic E-state index is 12.1. The second kappa shape index (κ2) is 4.36. The molecular formula is C15H12ClN3O2. The Bertz CT molecular complexity index is 777. The van der Waals surface area contributed by atoms with Gasteiger partial charge in [0, 0.05) is 22.2 Å². The number of cyclic esters (lactones) is 1. The van der Waals surface area contributed by atoms with Crippen LogP contribution in [0.1, 0.15) is 22.7 Å². The molecule has 2 N–H and O–H groups in total. The fourth-order valence-electron chi connectivity index (χ4n) is 2.97. The number of ether oxygens (including phenoxy) is 1. The summed E-state index contributed by atoms with van der Waals surface area (Å²) in [5.74, 6) is 0.301. The highest BCUT2D eigenvalue weighted by Crippen LogP contribution is 2.44. The van der Waals surface area contributed by atoms with Crippen LogP contribution in [0.15, 0.2) is 35.5 Å². The van der Waals surface area contributed by atoms with E-state index in [1.54, 1.807) is 0 Å². The first kappa shape index (κ1) is 12.5. The zero-order valence-electron chi connectivity index (χ0n) is 11.2. The summed E-state index contributed by atoms with van der Waals surface area (Å²) in [4.78, 5) is 12.1. The minimum atomic E-state index is -0.274. The third kappa shape index (κ3) is 1.77. The number of halogens is 1. The largest absolute Gasteiger partial charge is 0.456 e. The normalized spacial score (nSPS) is 19.9. The molecule has 2 aliphatic rings. The van der Waals surface area contributed by atoms with Crippen LogP contribution in [0, 0.1) is 6.92 Å². The predicted octanol–water partition coefficient (Wildman–Crippen LogP) is 2.74. The van der Waals surface area contributed by atoms with Crippen molar-refractivity contribution in [1.82, 2.24) is 10.2 Å². The van der Waals surface area contributed by atoms with E-state index in [9.17, 15) is 4.79 Å². The molecular weight excluding hydrogens is 290 g/mol. The van der Waals surface area contributed by atoms with E-state index in [2.05, 4.69) is 15.5 Å². The Morgan fingerprint density at radius 2 is 2.10 bits per heavy atom. The van der Waals surface area contributed by atoms with E-state index in [-0.39, 0.29) is 18.5 Å². The highest BCUT2D eigenvalue weighted by atomic mass is 35.5. The van der Waals surface area contributed by atoms with Gasteiger partial charge in [-0.05, 0) is 24.6 Å². The Hall–Kier alpha value is -2.27. The molecule has 0 radical (unpaired) electrons. The van der Waals surface area contributed by atoms with Crippen molar-refractivity contribution in [3.63, 3.8) is 0 Å². The van der Waals surface area contributed by atoms with Crippen molar-refractivity contribution in [2.24, 2.45) is 0 Å². The average Bonchev–Trinajstić information content (AvgIpc) is 3.03. The zero-order valence-corrected chi connectivity index (χ0v) is 12.0. The Morgan fingerprint density at radius 1 is 1.33 bits per heavy atom. The van der Waals surface area contributed by atoms with Gasteiger partial charge in [-0.2, -0.15) is 5.10 Å². The first-order valence-electron chi connectivity index (χ1n) is 6.62. The number of aromatic amines is 1. The topological polar surface area (TPSA) is 67.0 Å². The Balaban J connectivity index is 1.94. The van der Waals surface area contributed by atoms with E-state index in [4.69, 9.17) is 16.3 Å². The Morgan fingerprint density at radius 3 is 2.86 bits per heavy atom. The number of carbonyl (C=O) groups excluding carboxylic acids is 1. The van der Waals surface area contributed by atoms with Crippen LogP contribution in [0.3, 0.4) is 0 Å². The van der Waals surface area contributed by atoms with Crippen molar-refractivity contribution in [3.8, 4) is 0 Å². The van der Waals surface area contributed by atoms with Crippen LogP contribution in [0.4, 0.5) is 5.82 Å². The quantitative estimate of drug-likeness (QED) is 0.795. The minimum Gasteiger partial charge on any atom is -0.456 e. The van der Waals surface area contributed by atoms with Crippen LogP contribution < -0.4 is 5.32 Å². The molecule has 0 aliphatic carbocycles. The van der Waals surface area contributed by atoms with E-state index in [1.165, 1.54) is 0 Å². The molecule has 2 aromatic rings. The molecule has 0 unspecified atom stereocenters. The lowest BCUT2D eigenvalue weighted by Gasteiger charge is -2.24. The summed E-state index contributed by atoms with van der Waals surface area (Å²) in [6.45, 7) is 2.21. The zero-order chi connectivity index (χ0) is 14.6. The number of aryl methyl sites for hydroxylation is 1. The lowest BCUT2D eigenvalue weighted by molar-refractivity contribution is -0.136. The standard InChI is InChI=1S/C15H12ClN3O2/c1-7-11-12(8-2-4-9(16)5-3-8)13-10(6-21-15(13)20)17-14(11)19-18-7/h2-5,12H,6H2,1H3,(H2,17,18,19)/t12-/m1/s1. The highest BCUT2D eigenvalue weighted by Gasteiger charge is 2.40. The van der Waals surface area contributed by atoms with Gasteiger partial charge in [-0.25, -0.2) is 4.79 Å². The maximum Gasteiger partial charge on any atom is 0.337 e. The molecule has 1 aromatic carbocycles. The van der Waals surface area contributed by atoms with Crippen molar-refractivity contribution in [2.75, 3.05) is 11.9 Å². The molecule has 1 aromatic heterocycles. The molecule has 4 rings (SSSR count). The predicted molar refractivity (Wildman–Crippen MR) is 78.2 cm³/mol.